The van der Waals surface area contributed by atoms with Crippen LogP contribution in [0, 0.1) is 0 Å². The molecule has 4 aromatic rings. The van der Waals surface area contributed by atoms with Crippen molar-refractivity contribution in [3.63, 3.8) is 0 Å². The number of H-pyrrole nitrogens is 2. The second-order valence-corrected chi connectivity index (χ2v) is 4.53. The number of rotatable bonds is 1. The zero-order valence-corrected chi connectivity index (χ0v) is 10.3. The molecule has 0 saturated heterocycles. The highest BCUT2D eigenvalue weighted by atomic mass is 16.3. The first-order valence-corrected chi connectivity index (χ1v) is 6.08. The maximum Gasteiger partial charge on any atom is 0.262 e. The van der Waals surface area contributed by atoms with Gasteiger partial charge in [0.2, 0.25) is 5.95 Å². The Morgan fingerprint density at radius 2 is 2.10 bits per heavy atom. The van der Waals surface area contributed by atoms with Crippen molar-refractivity contribution in [2.24, 2.45) is 0 Å². The molecule has 0 bridgehead atoms. The summed E-state index contributed by atoms with van der Waals surface area (Å²) < 4.78 is 5.77. The summed E-state index contributed by atoms with van der Waals surface area (Å²) in [5, 5.41) is 1.43. The molecule has 0 aliphatic carbocycles. The third kappa shape index (κ3) is 1.45. The molecule has 20 heavy (non-hydrogen) atoms. The molecule has 0 aliphatic rings. The van der Waals surface area contributed by atoms with E-state index in [1.165, 1.54) is 0 Å². The highest BCUT2D eigenvalue weighted by molar-refractivity contribution is 5.94. The Bertz CT molecular complexity index is 960. The lowest BCUT2D eigenvalue weighted by Crippen LogP contribution is -2.10. The normalized spacial score (nSPS) is 11.4. The second-order valence-electron chi connectivity index (χ2n) is 4.53. The third-order valence-electron chi connectivity index (χ3n) is 3.25. The molecule has 0 fully saturated rings. The number of hydrogen-bond acceptors (Lipinski definition) is 4. The lowest BCUT2D eigenvalue weighted by atomic mass is 10.2. The number of furan rings is 1. The van der Waals surface area contributed by atoms with Crippen molar-refractivity contribution in [3.05, 3.63) is 46.9 Å². The van der Waals surface area contributed by atoms with Gasteiger partial charge < -0.3 is 15.1 Å². The van der Waals surface area contributed by atoms with Gasteiger partial charge in [0.05, 0.1) is 5.39 Å². The highest BCUT2D eigenvalue weighted by Crippen LogP contribution is 2.30. The SMILES string of the molecule is Nc1nc2[nH]cc(-c3cc4ccccc4o3)c2c(=O)[nH]1. The van der Waals surface area contributed by atoms with Crippen LogP contribution in [0.15, 0.2) is 45.7 Å². The number of para-hydroxylation sites is 1. The van der Waals surface area contributed by atoms with Crippen molar-refractivity contribution in [2.45, 2.75) is 0 Å². The Hall–Kier alpha value is -3.02. The molecule has 4 rings (SSSR count). The number of aromatic nitrogens is 3. The minimum Gasteiger partial charge on any atom is -0.456 e. The summed E-state index contributed by atoms with van der Waals surface area (Å²) in [6.45, 7) is 0. The third-order valence-corrected chi connectivity index (χ3v) is 3.25. The number of benzene rings is 1. The quantitative estimate of drug-likeness (QED) is 0.491. The summed E-state index contributed by atoms with van der Waals surface area (Å²) in [5.74, 6) is 0.704. The summed E-state index contributed by atoms with van der Waals surface area (Å²) in [4.78, 5) is 21.5. The molecular formula is C14H10N4O2. The van der Waals surface area contributed by atoms with E-state index in [0.29, 0.717) is 22.4 Å². The Morgan fingerprint density at radius 1 is 1.25 bits per heavy atom. The van der Waals surface area contributed by atoms with Gasteiger partial charge >= 0.3 is 0 Å². The van der Waals surface area contributed by atoms with Crippen LogP contribution in [0.4, 0.5) is 5.95 Å². The average molecular weight is 266 g/mol. The first kappa shape index (κ1) is 10.9. The van der Waals surface area contributed by atoms with Crippen molar-refractivity contribution in [1.82, 2.24) is 15.0 Å². The maximum atomic E-state index is 12.0. The molecule has 0 saturated carbocycles. The van der Waals surface area contributed by atoms with Crippen LogP contribution in [0.3, 0.4) is 0 Å². The van der Waals surface area contributed by atoms with Crippen LogP contribution in [-0.2, 0) is 0 Å². The summed E-state index contributed by atoms with van der Waals surface area (Å²) in [6.07, 6.45) is 1.70. The van der Waals surface area contributed by atoms with E-state index >= 15 is 0 Å². The Morgan fingerprint density at radius 3 is 2.95 bits per heavy atom. The standard InChI is InChI=1S/C14H10N4O2/c15-14-17-12-11(13(19)18-14)8(6-16-12)10-5-7-3-1-2-4-9(7)20-10/h1-6H,(H4,15,16,17,18,19). The van der Waals surface area contributed by atoms with Crippen LogP contribution >= 0.6 is 0 Å². The number of hydrogen-bond donors (Lipinski definition) is 3. The second kappa shape index (κ2) is 3.74. The first-order valence-electron chi connectivity index (χ1n) is 6.08. The number of nitrogens with two attached hydrogens (primary N) is 1. The van der Waals surface area contributed by atoms with E-state index in [0.717, 1.165) is 11.0 Å². The minimum atomic E-state index is -0.288. The average Bonchev–Trinajstić information content (AvgIpc) is 3.00. The van der Waals surface area contributed by atoms with Gasteiger partial charge in [0.15, 0.2) is 0 Å². The number of nitrogen functional groups attached to an aromatic ring is 1. The van der Waals surface area contributed by atoms with E-state index in [9.17, 15) is 4.79 Å². The number of nitrogens with zero attached hydrogens (tertiary/aromatic N) is 1. The lowest BCUT2D eigenvalue weighted by Gasteiger charge is -1.94. The smallest absolute Gasteiger partial charge is 0.262 e. The predicted molar refractivity (Wildman–Crippen MR) is 76.3 cm³/mol. The molecule has 6 nitrogen and oxygen atoms in total. The number of nitrogens with one attached hydrogen (secondary N) is 2. The van der Waals surface area contributed by atoms with Gasteiger partial charge in [0.1, 0.15) is 17.0 Å². The molecule has 0 spiro atoms. The fourth-order valence-electron chi connectivity index (χ4n) is 2.37. The molecule has 98 valence electrons. The molecular weight excluding hydrogens is 256 g/mol. The van der Waals surface area contributed by atoms with Crippen molar-refractivity contribution in [3.8, 4) is 11.3 Å². The highest BCUT2D eigenvalue weighted by Gasteiger charge is 2.15. The molecule has 1 aromatic carbocycles. The fraction of sp³-hybridized carbons (Fsp3) is 0. The largest absolute Gasteiger partial charge is 0.456 e. The van der Waals surface area contributed by atoms with Crippen molar-refractivity contribution >= 4 is 28.0 Å². The molecule has 0 atom stereocenters. The van der Waals surface area contributed by atoms with Crippen LogP contribution in [0.1, 0.15) is 0 Å². The fourth-order valence-corrected chi connectivity index (χ4v) is 2.37. The van der Waals surface area contributed by atoms with Crippen LogP contribution in [-0.4, -0.2) is 15.0 Å². The Kier molecular flexibility index (Phi) is 2.03. The van der Waals surface area contributed by atoms with E-state index < -0.39 is 0 Å². The topological polar surface area (TPSA) is 101 Å². The van der Waals surface area contributed by atoms with Gasteiger partial charge in [-0.2, -0.15) is 4.98 Å². The van der Waals surface area contributed by atoms with Crippen LogP contribution in [0.25, 0.3) is 33.3 Å². The number of fused-ring (bicyclic) bond motifs is 2. The van der Waals surface area contributed by atoms with Gasteiger partial charge in [-0.05, 0) is 12.1 Å². The van der Waals surface area contributed by atoms with Crippen LogP contribution in [0.2, 0.25) is 0 Å². The first-order chi connectivity index (χ1) is 9.72. The Labute approximate surface area is 112 Å². The number of aromatic amines is 2. The molecule has 0 aliphatic heterocycles. The molecule has 0 unspecified atom stereocenters. The zero-order chi connectivity index (χ0) is 13.7. The van der Waals surface area contributed by atoms with Gasteiger partial charge in [-0.25, -0.2) is 0 Å². The summed E-state index contributed by atoms with van der Waals surface area (Å²) >= 11 is 0. The molecule has 0 radical (unpaired) electrons. The minimum absolute atomic E-state index is 0.0838. The zero-order valence-electron chi connectivity index (χ0n) is 10.3. The Balaban J connectivity index is 2.05. The van der Waals surface area contributed by atoms with Gasteiger partial charge in [0, 0.05) is 17.1 Å². The van der Waals surface area contributed by atoms with E-state index in [1.807, 2.05) is 30.3 Å². The maximum absolute atomic E-state index is 12.0. The molecule has 3 heterocycles. The van der Waals surface area contributed by atoms with E-state index in [4.69, 9.17) is 10.2 Å². The molecule has 0 amide bonds. The number of anilines is 1. The summed E-state index contributed by atoms with van der Waals surface area (Å²) in [7, 11) is 0. The van der Waals surface area contributed by atoms with Crippen molar-refractivity contribution in [1.29, 1.82) is 0 Å². The monoisotopic (exact) mass is 266 g/mol. The van der Waals surface area contributed by atoms with Crippen molar-refractivity contribution in [2.75, 3.05) is 5.73 Å². The molecule has 3 aromatic heterocycles. The van der Waals surface area contributed by atoms with Crippen molar-refractivity contribution < 1.29 is 4.42 Å². The summed E-state index contributed by atoms with van der Waals surface area (Å²) in [5.41, 5.74) is 7.13. The van der Waals surface area contributed by atoms with E-state index in [-0.39, 0.29) is 11.5 Å². The lowest BCUT2D eigenvalue weighted by molar-refractivity contribution is 0.632. The molecule has 6 heteroatoms. The van der Waals surface area contributed by atoms with Gasteiger partial charge in [0.25, 0.3) is 5.56 Å². The molecule has 4 N–H and O–H groups in total. The van der Waals surface area contributed by atoms with E-state index in [1.54, 1.807) is 6.20 Å². The van der Waals surface area contributed by atoms with Gasteiger partial charge in [-0.3, -0.25) is 9.78 Å². The van der Waals surface area contributed by atoms with Crippen LogP contribution in [0.5, 0.6) is 0 Å². The van der Waals surface area contributed by atoms with Crippen LogP contribution < -0.4 is 11.3 Å². The predicted octanol–water partition coefficient (Wildman–Crippen LogP) is 2.25. The van der Waals surface area contributed by atoms with Gasteiger partial charge in [-0.15, -0.1) is 0 Å². The van der Waals surface area contributed by atoms with E-state index in [2.05, 4.69) is 15.0 Å². The van der Waals surface area contributed by atoms with Gasteiger partial charge in [-0.1, -0.05) is 18.2 Å². The summed E-state index contributed by atoms with van der Waals surface area (Å²) in [6, 6.07) is 9.57.